The molecule has 162 valence electrons. The number of hydrogen-bond acceptors (Lipinski definition) is 4. The van der Waals surface area contributed by atoms with Gasteiger partial charge in [0.05, 0.1) is 6.61 Å². The fraction of sp³-hybridized carbons (Fsp3) is 0.625. The number of Topliss-reactive ketones (excluding diaryl/α,β-unsaturated/α-hetero) is 1. The molecule has 1 rings (SSSR count). The van der Waals surface area contributed by atoms with E-state index in [2.05, 4.69) is 26.1 Å². The number of aryl methyl sites for hydroxylation is 2. The summed E-state index contributed by atoms with van der Waals surface area (Å²) in [6, 6.07) is 5.89. The van der Waals surface area contributed by atoms with Gasteiger partial charge in [0.25, 0.3) is 0 Å². The first-order chi connectivity index (χ1) is 13.3. The molecule has 0 aliphatic rings. The molecule has 0 spiro atoms. The summed E-state index contributed by atoms with van der Waals surface area (Å²) in [7, 11) is 0. The van der Waals surface area contributed by atoms with Gasteiger partial charge in [-0.05, 0) is 36.8 Å². The second-order valence-electron chi connectivity index (χ2n) is 9.68. The average Bonchev–Trinajstić information content (AvgIpc) is 2.61. The minimum Gasteiger partial charge on any atom is -0.464 e. The molecule has 0 heterocycles. The molecule has 0 radical (unpaired) electrons. The van der Waals surface area contributed by atoms with Crippen LogP contribution in [0.2, 0.25) is 0 Å². The first kappa shape index (κ1) is 25.3. The summed E-state index contributed by atoms with van der Waals surface area (Å²) in [5.74, 6) is -1.93. The maximum absolute atomic E-state index is 13.1. The summed E-state index contributed by atoms with van der Waals surface area (Å²) >= 11 is 5.54. The minimum atomic E-state index is -1.12. The number of esters is 1. The zero-order valence-electron chi connectivity index (χ0n) is 19.3. The van der Waals surface area contributed by atoms with E-state index in [1.807, 2.05) is 32.0 Å². The summed E-state index contributed by atoms with van der Waals surface area (Å²) in [5, 5.41) is 3.15. The number of para-hydroxylation sites is 1. The van der Waals surface area contributed by atoms with Crippen LogP contribution >= 0.6 is 12.2 Å². The SMILES string of the molecule is CCCCC(C)(C)COC(=O)C(C(=O)C(C)(C)C)C(=S)Nc1c(C)cccc1C. The van der Waals surface area contributed by atoms with Gasteiger partial charge in [-0.25, -0.2) is 0 Å². The van der Waals surface area contributed by atoms with Crippen molar-refractivity contribution in [3.63, 3.8) is 0 Å². The lowest BCUT2D eigenvalue weighted by molar-refractivity contribution is -0.153. The summed E-state index contributed by atoms with van der Waals surface area (Å²) in [4.78, 5) is 26.3. The predicted molar refractivity (Wildman–Crippen MR) is 124 cm³/mol. The number of hydrogen-bond donors (Lipinski definition) is 1. The number of rotatable bonds is 9. The molecular formula is C24H37NO3S. The molecule has 1 aromatic carbocycles. The van der Waals surface area contributed by atoms with Crippen molar-refractivity contribution in [1.29, 1.82) is 0 Å². The summed E-state index contributed by atoms with van der Waals surface area (Å²) in [5.41, 5.74) is 1.99. The number of unbranched alkanes of at least 4 members (excludes halogenated alkanes) is 1. The van der Waals surface area contributed by atoms with E-state index < -0.39 is 17.3 Å². The Labute approximate surface area is 181 Å². The number of ketones is 1. The van der Waals surface area contributed by atoms with Crippen molar-refractivity contribution in [3.05, 3.63) is 29.3 Å². The van der Waals surface area contributed by atoms with Crippen LogP contribution < -0.4 is 5.32 Å². The smallest absolute Gasteiger partial charge is 0.323 e. The Bertz CT molecular complexity index is 727. The standard InChI is InChI=1S/C24H37NO3S/c1-9-10-14-24(7,8)15-28-22(27)18(20(26)23(4,5)6)21(29)25-19-16(2)12-11-13-17(19)3/h11-13,18H,9-10,14-15H2,1-8H3,(H,25,29). The van der Waals surface area contributed by atoms with Crippen LogP contribution in [0.25, 0.3) is 0 Å². The van der Waals surface area contributed by atoms with Gasteiger partial charge in [-0.3, -0.25) is 9.59 Å². The molecule has 1 N–H and O–H groups in total. The van der Waals surface area contributed by atoms with E-state index in [0.717, 1.165) is 36.1 Å². The van der Waals surface area contributed by atoms with Crippen molar-refractivity contribution in [1.82, 2.24) is 0 Å². The van der Waals surface area contributed by atoms with E-state index in [9.17, 15) is 9.59 Å². The molecule has 1 atom stereocenters. The second kappa shape index (κ2) is 10.3. The highest BCUT2D eigenvalue weighted by Gasteiger charge is 2.39. The molecule has 0 aliphatic heterocycles. The van der Waals surface area contributed by atoms with Crippen LogP contribution in [0.3, 0.4) is 0 Å². The number of carbonyl (C=O) groups is 2. The fourth-order valence-corrected chi connectivity index (χ4v) is 3.36. The van der Waals surface area contributed by atoms with Crippen molar-refractivity contribution in [2.45, 2.75) is 74.7 Å². The van der Waals surface area contributed by atoms with Gasteiger partial charge < -0.3 is 10.1 Å². The van der Waals surface area contributed by atoms with Crippen LogP contribution in [0.4, 0.5) is 5.69 Å². The Morgan fingerprint density at radius 3 is 2.14 bits per heavy atom. The third-order valence-electron chi connectivity index (χ3n) is 5.04. The van der Waals surface area contributed by atoms with Gasteiger partial charge in [-0.1, -0.05) is 84.8 Å². The lowest BCUT2D eigenvalue weighted by atomic mass is 9.82. The molecular weight excluding hydrogens is 382 g/mol. The van der Waals surface area contributed by atoms with E-state index in [1.54, 1.807) is 20.8 Å². The lowest BCUT2D eigenvalue weighted by Gasteiger charge is -2.28. The van der Waals surface area contributed by atoms with E-state index in [-0.39, 0.29) is 22.8 Å². The van der Waals surface area contributed by atoms with E-state index in [0.29, 0.717) is 0 Å². The topological polar surface area (TPSA) is 55.4 Å². The molecule has 0 bridgehead atoms. The molecule has 1 aromatic rings. The fourth-order valence-electron chi connectivity index (χ4n) is 3.05. The summed E-state index contributed by atoms with van der Waals surface area (Å²) in [6.45, 7) is 15.9. The van der Waals surface area contributed by atoms with Gasteiger partial charge in [-0.2, -0.15) is 0 Å². The molecule has 29 heavy (non-hydrogen) atoms. The van der Waals surface area contributed by atoms with Crippen LogP contribution in [0.15, 0.2) is 18.2 Å². The third kappa shape index (κ3) is 7.54. The lowest BCUT2D eigenvalue weighted by Crippen LogP contribution is -2.42. The van der Waals surface area contributed by atoms with Gasteiger partial charge >= 0.3 is 5.97 Å². The Morgan fingerprint density at radius 1 is 1.10 bits per heavy atom. The normalized spacial score (nSPS) is 13.0. The molecule has 0 saturated heterocycles. The van der Waals surface area contributed by atoms with Crippen molar-refractivity contribution < 1.29 is 14.3 Å². The first-order valence-electron chi connectivity index (χ1n) is 10.4. The molecule has 0 amide bonds. The maximum atomic E-state index is 13.1. The highest BCUT2D eigenvalue weighted by molar-refractivity contribution is 7.80. The molecule has 1 unspecified atom stereocenters. The summed E-state index contributed by atoms with van der Waals surface area (Å²) < 4.78 is 5.61. The van der Waals surface area contributed by atoms with Crippen molar-refractivity contribution in [3.8, 4) is 0 Å². The van der Waals surface area contributed by atoms with Crippen LogP contribution in [-0.2, 0) is 14.3 Å². The van der Waals surface area contributed by atoms with E-state index in [4.69, 9.17) is 17.0 Å². The Balaban J connectivity index is 3.06. The number of benzene rings is 1. The number of carbonyl (C=O) groups excluding carboxylic acids is 2. The van der Waals surface area contributed by atoms with Gasteiger partial charge in [0.15, 0.2) is 11.7 Å². The quantitative estimate of drug-likeness (QED) is 0.301. The van der Waals surface area contributed by atoms with E-state index in [1.165, 1.54) is 0 Å². The minimum absolute atomic E-state index is 0.136. The molecule has 0 aromatic heterocycles. The maximum Gasteiger partial charge on any atom is 0.323 e. The Morgan fingerprint density at radius 2 is 1.66 bits per heavy atom. The molecule has 0 fully saturated rings. The second-order valence-corrected chi connectivity index (χ2v) is 10.1. The van der Waals surface area contributed by atoms with Crippen molar-refractivity contribution in [2.75, 3.05) is 11.9 Å². The first-order valence-corrected chi connectivity index (χ1v) is 10.8. The predicted octanol–water partition coefficient (Wildman–Crippen LogP) is 6.03. The third-order valence-corrected chi connectivity index (χ3v) is 5.38. The van der Waals surface area contributed by atoms with Crippen LogP contribution in [0.1, 0.15) is 71.9 Å². The van der Waals surface area contributed by atoms with Gasteiger partial charge in [0.2, 0.25) is 0 Å². The highest BCUT2D eigenvalue weighted by atomic mass is 32.1. The highest BCUT2D eigenvalue weighted by Crippen LogP contribution is 2.28. The van der Waals surface area contributed by atoms with Crippen LogP contribution in [0.5, 0.6) is 0 Å². The number of ether oxygens (including phenoxy) is 1. The molecule has 5 heteroatoms. The monoisotopic (exact) mass is 419 g/mol. The van der Waals surface area contributed by atoms with Crippen molar-refractivity contribution in [2.24, 2.45) is 16.7 Å². The Kier molecular flexibility index (Phi) is 9.01. The number of thiocarbonyl (C=S) groups is 1. The zero-order chi connectivity index (χ0) is 22.4. The Hall–Kier alpha value is -1.75. The van der Waals surface area contributed by atoms with Crippen LogP contribution in [-0.4, -0.2) is 23.3 Å². The zero-order valence-corrected chi connectivity index (χ0v) is 20.1. The van der Waals surface area contributed by atoms with Gasteiger partial charge in [-0.15, -0.1) is 0 Å². The average molecular weight is 420 g/mol. The molecule has 4 nitrogen and oxygen atoms in total. The van der Waals surface area contributed by atoms with Crippen molar-refractivity contribution >= 4 is 34.6 Å². The largest absolute Gasteiger partial charge is 0.464 e. The van der Waals surface area contributed by atoms with E-state index >= 15 is 0 Å². The molecule has 0 aliphatic carbocycles. The van der Waals surface area contributed by atoms with Gasteiger partial charge in [0.1, 0.15) is 4.99 Å². The van der Waals surface area contributed by atoms with Gasteiger partial charge in [0, 0.05) is 11.1 Å². The molecule has 0 saturated carbocycles. The van der Waals surface area contributed by atoms with Crippen LogP contribution in [0, 0.1) is 30.6 Å². The summed E-state index contributed by atoms with van der Waals surface area (Å²) in [6.07, 6.45) is 3.12. The number of anilines is 1. The number of nitrogens with one attached hydrogen (secondary N) is 1.